The van der Waals surface area contributed by atoms with Gasteiger partial charge in [0, 0.05) is 18.5 Å². The number of hydrogen-bond donors (Lipinski definition) is 1. The average Bonchev–Trinajstić information content (AvgIpc) is 2.96. The summed E-state index contributed by atoms with van der Waals surface area (Å²) in [4.78, 5) is 28.6. The molecular formula is C30H28F3N3O4. The number of halogens is 3. The topological polar surface area (TPSA) is 91.7 Å². The van der Waals surface area contributed by atoms with Gasteiger partial charge < -0.3 is 14.9 Å². The zero-order chi connectivity index (χ0) is 28.5. The largest absolute Gasteiger partial charge is 0.492 e. The van der Waals surface area contributed by atoms with Crippen molar-refractivity contribution in [3.63, 3.8) is 0 Å². The number of rotatable bonds is 9. The van der Waals surface area contributed by atoms with Crippen molar-refractivity contribution in [2.45, 2.75) is 50.6 Å². The first kappa shape index (κ1) is 28.6. The number of nitrogens with one attached hydrogen (secondary N) is 1. The van der Waals surface area contributed by atoms with Crippen molar-refractivity contribution in [3.8, 4) is 22.9 Å². The number of carbonyl (C=O) groups is 2. The van der Waals surface area contributed by atoms with Crippen LogP contribution in [0, 0.1) is 11.3 Å². The molecule has 1 N–H and O–H groups in total. The first-order valence-electron chi connectivity index (χ1n) is 12.9. The quantitative estimate of drug-likeness (QED) is 0.385. The van der Waals surface area contributed by atoms with Crippen LogP contribution in [0.3, 0.4) is 0 Å². The molecule has 1 fully saturated rings. The Morgan fingerprint density at radius 1 is 0.975 bits per heavy atom. The summed E-state index contributed by atoms with van der Waals surface area (Å²) < 4.78 is 44.0. The minimum absolute atomic E-state index is 0.00484. The number of hydroxylamine groups is 2. The van der Waals surface area contributed by atoms with Gasteiger partial charge in [0.2, 0.25) is 5.91 Å². The second kappa shape index (κ2) is 13.1. The van der Waals surface area contributed by atoms with Gasteiger partial charge in [-0.2, -0.15) is 18.4 Å². The van der Waals surface area contributed by atoms with Gasteiger partial charge in [0.1, 0.15) is 24.4 Å². The van der Waals surface area contributed by atoms with Crippen molar-refractivity contribution in [3.05, 3.63) is 90.0 Å². The third-order valence-corrected chi connectivity index (χ3v) is 6.49. The Bertz CT molecular complexity index is 1340. The van der Waals surface area contributed by atoms with E-state index in [0.717, 1.165) is 33.1 Å². The van der Waals surface area contributed by atoms with E-state index in [1.165, 1.54) is 0 Å². The summed E-state index contributed by atoms with van der Waals surface area (Å²) in [6.45, 7) is 0.419. The third kappa shape index (κ3) is 7.61. The molecule has 4 rings (SSSR count). The van der Waals surface area contributed by atoms with E-state index in [1.54, 1.807) is 0 Å². The molecule has 1 aliphatic heterocycles. The molecule has 0 aromatic heterocycles. The summed E-state index contributed by atoms with van der Waals surface area (Å²) in [6.07, 6.45) is -3.73. The summed E-state index contributed by atoms with van der Waals surface area (Å²) in [6, 6.07) is 25.0. The fourth-order valence-corrected chi connectivity index (χ4v) is 4.45. The first-order chi connectivity index (χ1) is 19.2. The van der Waals surface area contributed by atoms with Gasteiger partial charge in [0.25, 0.3) is 0 Å². The normalized spacial score (nSPS) is 16.4. The summed E-state index contributed by atoms with van der Waals surface area (Å²) in [5.74, 6) is -2.32. The second-order valence-corrected chi connectivity index (χ2v) is 9.39. The third-order valence-electron chi connectivity index (χ3n) is 6.49. The molecule has 0 aliphatic carbocycles. The summed E-state index contributed by atoms with van der Waals surface area (Å²) in [5, 5.41) is 13.0. The molecule has 0 bridgehead atoms. The Kier molecular flexibility index (Phi) is 9.40. The molecule has 1 saturated heterocycles. The molecule has 0 spiro atoms. The lowest BCUT2D eigenvalue weighted by Crippen LogP contribution is -2.53. The summed E-state index contributed by atoms with van der Waals surface area (Å²) in [5.41, 5.74) is 3.64. The van der Waals surface area contributed by atoms with E-state index in [4.69, 9.17) is 4.74 Å². The Hall–Kier alpha value is -4.36. The lowest BCUT2D eigenvalue weighted by atomic mass is 9.99. The van der Waals surface area contributed by atoms with E-state index in [1.807, 2.05) is 84.9 Å². The van der Waals surface area contributed by atoms with Crippen molar-refractivity contribution in [1.82, 2.24) is 10.4 Å². The van der Waals surface area contributed by atoms with Gasteiger partial charge in [-0.25, -0.2) is 4.79 Å². The fraction of sp³-hybridized carbons (Fsp3) is 0.300. The van der Waals surface area contributed by atoms with Gasteiger partial charge in [0.05, 0.1) is 6.07 Å². The number of para-hydroxylation sites is 1. The minimum Gasteiger partial charge on any atom is -0.488 e. The van der Waals surface area contributed by atoms with Crippen molar-refractivity contribution >= 4 is 11.9 Å². The smallest absolute Gasteiger partial charge is 0.488 e. The van der Waals surface area contributed by atoms with E-state index < -0.39 is 30.1 Å². The van der Waals surface area contributed by atoms with Gasteiger partial charge in [0.15, 0.2) is 0 Å². The van der Waals surface area contributed by atoms with Gasteiger partial charge in [-0.3, -0.25) is 4.79 Å². The maximum absolute atomic E-state index is 12.8. The van der Waals surface area contributed by atoms with E-state index >= 15 is 0 Å². The van der Waals surface area contributed by atoms with Gasteiger partial charge >= 0.3 is 12.1 Å². The number of nitriles is 1. The van der Waals surface area contributed by atoms with Crippen LogP contribution >= 0.6 is 0 Å². The summed E-state index contributed by atoms with van der Waals surface area (Å²) in [7, 11) is 0. The molecule has 0 saturated carbocycles. The molecule has 0 radical (unpaired) electrons. The molecule has 1 heterocycles. The van der Waals surface area contributed by atoms with Crippen LogP contribution in [0.25, 0.3) is 11.1 Å². The minimum atomic E-state index is -5.17. The lowest BCUT2D eigenvalue weighted by molar-refractivity contribution is -0.248. The van der Waals surface area contributed by atoms with Crippen molar-refractivity contribution in [1.29, 1.82) is 5.26 Å². The van der Waals surface area contributed by atoms with Gasteiger partial charge in [-0.15, -0.1) is 5.06 Å². The second-order valence-electron chi connectivity index (χ2n) is 9.39. The highest BCUT2D eigenvalue weighted by molar-refractivity contribution is 5.83. The number of benzene rings is 3. The number of alkyl halides is 3. The Morgan fingerprint density at radius 2 is 1.68 bits per heavy atom. The average molecular weight is 552 g/mol. The van der Waals surface area contributed by atoms with Crippen LogP contribution in [0.2, 0.25) is 0 Å². The number of ether oxygens (including phenoxy) is 1. The van der Waals surface area contributed by atoms with E-state index in [2.05, 4.69) is 10.2 Å². The molecule has 3 aromatic carbocycles. The molecule has 0 unspecified atom stereocenters. The van der Waals surface area contributed by atoms with Crippen LogP contribution in [-0.2, 0) is 27.5 Å². The van der Waals surface area contributed by atoms with Gasteiger partial charge in [-0.05, 0) is 42.0 Å². The number of piperidine rings is 1. The van der Waals surface area contributed by atoms with Crippen molar-refractivity contribution in [2.24, 2.45) is 0 Å². The molecule has 40 heavy (non-hydrogen) atoms. The van der Waals surface area contributed by atoms with Crippen LogP contribution in [0.5, 0.6) is 5.75 Å². The lowest BCUT2D eigenvalue weighted by Gasteiger charge is -2.33. The van der Waals surface area contributed by atoms with E-state index in [9.17, 15) is 28.0 Å². The zero-order valence-electron chi connectivity index (χ0n) is 21.6. The van der Waals surface area contributed by atoms with Crippen molar-refractivity contribution < 1.29 is 32.3 Å². The van der Waals surface area contributed by atoms with Crippen LogP contribution in [0.15, 0.2) is 78.9 Å². The van der Waals surface area contributed by atoms with Crippen molar-refractivity contribution in [2.75, 3.05) is 6.54 Å². The molecule has 1 amide bonds. The number of amides is 1. The van der Waals surface area contributed by atoms with Crippen LogP contribution in [0.4, 0.5) is 13.2 Å². The molecule has 7 nitrogen and oxygen atoms in total. The SMILES string of the molecule is N#C[C@H](Cc1ccc(-c2ccccc2OCc2ccccc2)cc1)NC(=O)[C@@H]1CCCCN1OC(=O)C(F)(F)F. The molecule has 10 heteroatoms. The highest BCUT2D eigenvalue weighted by Crippen LogP contribution is 2.31. The van der Waals surface area contributed by atoms with Gasteiger partial charge in [-0.1, -0.05) is 72.8 Å². The standard InChI is InChI=1S/C30H28F3N3O4/c31-30(32,33)29(38)40-36-17-7-6-11-26(36)28(37)35-24(19-34)18-21-13-15-23(16-14-21)25-10-4-5-12-27(25)39-20-22-8-2-1-3-9-22/h1-5,8-10,12-16,24,26H,6-7,11,17-18,20H2,(H,35,37)/t24-,26-/m0/s1. The predicted octanol–water partition coefficient (Wildman–Crippen LogP) is 5.36. The Labute approximate surface area is 230 Å². The molecule has 3 aromatic rings. The Morgan fingerprint density at radius 3 is 2.38 bits per heavy atom. The highest BCUT2D eigenvalue weighted by atomic mass is 19.4. The number of carbonyl (C=O) groups excluding carboxylic acids is 2. The summed E-state index contributed by atoms with van der Waals surface area (Å²) >= 11 is 0. The number of hydrogen-bond acceptors (Lipinski definition) is 6. The maximum atomic E-state index is 12.8. The Balaban J connectivity index is 1.38. The highest BCUT2D eigenvalue weighted by Gasteiger charge is 2.44. The molecular weight excluding hydrogens is 523 g/mol. The van der Waals surface area contributed by atoms with Crippen LogP contribution < -0.4 is 10.1 Å². The zero-order valence-corrected chi connectivity index (χ0v) is 21.6. The van der Waals surface area contributed by atoms with Crippen LogP contribution in [-0.4, -0.2) is 41.7 Å². The van der Waals surface area contributed by atoms with Crippen LogP contribution in [0.1, 0.15) is 30.4 Å². The molecule has 2 atom stereocenters. The van der Waals surface area contributed by atoms with E-state index in [0.29, 0.717) is 19.4 Å². The first-order valence-corrected chi connectivity index (χ1v) is 12.9. The number of nitrogens with zero attached hydrogens (tertiary/aromatic N) is 2. The maximum Gasteiger partial charge on any atom is 0.492 e. The molecule has 208 valence electrons. The molecule has 1 aliphatic rings. The fourth-order valence-electron chi connectivity index (χ4n) is 4.45. The predicted molar refractivity (Wildman–Crippen MR) is 140 cm³/mol. The monoisotopic (exact) mass is 551 g/mol. The van der Waals surface area contributed by atoms with E-state index in [-0.39, 0.29) is 19.4 Å².